The van der Waals surface area contributed by atoms with Crippen LogP contribution in [0.25, 0.3) is 0 Å². The molecule has 0 aromatic carbocycles. The van der Waals surface area contributed by atoms with Crippen molar-refractivity contribution < 1.29 is 0 Å². The van der Waals surface area contributed by atoms with Crippen molar-refractivity contribution in [3.05, 3.63) is 0 Å². The Labute approximate surface area is 173 Å². The fraction of sp³-hybridized carbons (Fsp3) is 1.00. The average Bonchev–Trinajstić information content (AvgIpc) is 2.40. The van der Waals surface area contributed by atoms with E-state index in [1.807, 2.05) is 0 Å². The lowest BCUT2D eigenvalue weighted by molar-refractivity contribution is 0.269. The number of nitrogens with one attached hydrogen (secondary N) is 3. The van der Waals surface area contributed by atoms with Crippen molar-refractivity contribution in [1.82, 2.24) is 20.9 Å². The molecular formula is C18H42N4S3. The van der Waals surface area contributed by atoms with Crippen LogP contribution >= 0.6 is 37.9 Å². The Morgan fingerprint density at radius 2 is 0.800 bits per heavy atom. The summed E-state index contributed by atoms with van der Waals surface area (Å²) in [5.41, 5.74) is 0. The molecule has 0 amide bonds. The molecule has 0 aliphatic heterocycles. The minimum Gasteiger partial charge on any atom is -0.314 e. The van der Waals surface area contributed by atoms with Crippen LogP contribution in [0.4, 0.5) is 0 Å². The second kappa shape index (κ2) is 12.4. The van der Waals surface area contributed by atoms with Gasteiger partial charge in [0.1, 0.15) is 0 Å². The maximum Gasteiger partial charge on any atom is 0.0198 e. The molecule has 0 aromatic heterocycles. The summed E-state index contributed by atoms with van der Waals surface area (Å²) >= 11 is 13.7. The highest BCUT2D eigenvalue weighted by atomic mass is 32.1. The van der Waals surface area contributed by atoms with E-state index in [2.05, 4.69) is 100 Å². The molecule has 0 saturated carbocycles. The van der Waals surface area contributed by atoms with E-state index in [0.29, 0.717) is 0 Å². The molecule has 4 nitrogen and oxygen atoms in total. The van der Waals surface area contributed by atoms with Crippen molar-refractivity contribution in [1.29, 1.82) is 0 Å². The van der Waals surface area contributed by atoms with Crippen LogP contribution in [0.5, 0.6) is 0 Å². The van der Waals surface area contributed by atoms with Crippen molar-refractivity contribution in [2.75, 3.05) is 58.9 Å². The lowest BCUT2D eigenvalue weighted by Gasteiger charge is -2.26. The Morgan fingerprint density at radius 1 is 0.560 bits per heavy atom. The molecule has 152 valence electrons. The summed E-state index contributed by atoms with van der Waals surface area (Å²) in [6, 6.07) is 0. The first-order chi connectivity index (χ1) is 11.3. The van der Waals surface area contributed by atoms with Gasteiger partial charge in [-0.2, -0.15) is 37.9 Å². The van der Waals surface area contributed by atoms with Gasteiger partial charge in [-0.3, -0.25) is 4.90 Å². The Morgan fingerprint density at radius 3 is 1.00 bits per heavy atom. The molecule has 25 heavy (non-hydrogen) atoms. The number of hydrogen-bond acceptors (Lipinski definition) is 7. The van der Waals surface area contributed by atoms with E-state index in [0.717, 1.165) is 58.9 Å². The summed E-state index contributed by atoms with van der Waals surface area (Å²) in [5, 5.41) is 10.5. The first kappa shape index (κ1) is 25.9. The third kappa shape index (κ3) is 21.1. The van der Waals surface area contributed by atoms with E-state index in [1.54, 1.807) is 0 Å². The zero-order valence-corrected chi connectivity index (χ0v) is 19.8. The predicted molar refractivity (Wildman–Crippen MR) is 124 cm³/mol. The van der Waals surface area contributed by atoms with Crippen LogP contribution in [0.2, 0.25) is 0 Å². The van der Waals surface area contributed by atoms with E-state index in [-0.39, 0.29) is 14.2 Å². The highest BCUT2D eigenvalue weighted by molar-refractivity contribution is 7.82. The molecule has 7 heteroatoms. The SMILES string of the molecule is CC(C)(S)CNCCN(CCNCC(C)(C)S)CCNCC(C)(C)S. The molecule has 0 bridgehead atoms. The number of rotatable bonds is 15. The third-order valence-corrected chi connectivity index (χ3v) is 3.96. The van der Waals surface area contributed by atoms with Gasteiger partial charge in [-0.15, -0.1) is 0 Å². The van der Waals surface area contributed by atoms with Crippen LogP contribution in [0, 0.1) is 0 Å². The van der Waals surface area contributed by atoms with Crippen molar-refractivity contribution in [3.8, 4) is 0 Å². The molecule has 0 rings (SSSR count). The predicted octanol–water partition coefficient (Wildman–Crippen LogP) is 2.18. The molecule has 0 aromatic rings. The van der Waals surface area contributed by atoms with E-state index < -0.39 is 0 Å². The maximum absolute atomic E-state index is 4.56. The molecule has 0 saturated heterocycles. The minimum absolute atomic E-state index is 0.0320. The van der Waals surface area contributed by atoms with Gasteiger partial charge in [-0.1, -0.05) is 0 Å². The second-order valence-electron chi connectivity index (χ2n) is 8.81. The summed E-state index contributed by atoms with van der Waals surface area (Å²) in [5.74, 6) is 0. The number of hydrogen-bond donors (Lipinski definition) is 6. The molecule has 0 spiro atoms. The molecule has 0 atom stereocenters. The van der Waals surface area contributed by atoms with Crippen molar-refractivity contribution in [2.24, 2.45) is 0 Å². The van der Waals surface area contributed by atoms with E-state index in [4.69, 9.17) is 0 Å². The van der Waals surface area contributed by atoms with Gasteiger partial charge in [-0.25, -0.2) is 0 Å². The summed E-state index contributed by atoms with van der Waals surface area (Å²) < 4.78 is 0.0960. The Kier molecular flexibility index (Phi) is 12.8. The summed E-state index contributed by atoms with van der Waals surface area (Å²) in [6.07, 6.45) is 0. The zero-order valence-electron chi connectivity index (χ0n) is 17.2. The second-order valence-corrected chi connectivity index (χ2v) is 12.4. The van der Waals surface area contributed by atoms with Crippen LogP contribution in [-0.2, 0) is 0 Å². The molecular weight excluding hydrogens is 368 g/mol. The molecule has 0 unspecified atom stereocenters. The summed E-state index contributed by atoms with van der Waals surface area (Å²) in [6.45, 7) is 21.6. The van der Waals surface area contributed by atoms with Crippen LogP contribution < -0.4 is 16.0 Å². The molecule has 0 fully saturated rings. The van der Waals surface area contributed by atoms with Gasteiger partial charge in [0.2, 0.25) is 0 Å². The van der Waals surface area contributed by atoms with Gasteiger partial charge < -0.3 is 16.0 Å². The first-order valence-electron chi connectivity index (χ1n) is 9.30. The monoisotopic (exact) mass is 410 g/mol. The van der Waals surface area contributed by atoms with E-state index in [1.165, 1.54) is 0 Å². The van der Waals surface area contributed by atoms with E-state index >= 15 is 0 Å². The quantitative estimate of drug-likeness (QED) is 0.185. The fourth-order valence-electron chi connectivity index (χ4n) is 2.23. The smallest absolute Gasteiger partial charge is 0.0198 e. The van der Waals surface area contributed by atoms with Crippen molar-refractivity contribution >= 4 is 37.9 Å². The summed E-state index contributed by atoms with van der Waals surface area (Å²) in [4.78, 5) is 2.50. The molecule has 0 aliphatic carbocycles. The highest BCUT2D eigenvalue weighted by Crippen LogP contribution is 2.10. The van der Waals surface area contributed by atoms with E-state index in [9.17, 15) is 0 Å². The van der Waals surface area contributed by atoms with Gasteiger partial charge in [0, 0.05) is 73.1 Å². The molecule has 3 N–H and O–H groups in total. The fourth-order valence-corrected chi connectivity index (χ4v) is 2.57. The normalized spacial score (nSPS) is 13.7. The lowest BCUT2D eigenvalue weighted by Crippen LogP contribution is -2.44. The highest BCUT2D eigenvalue weighted by Gasteiger charge is 2.13. The van der Waals surface area contributed by atoms with Gasteiger partial charge in [0.05, 0.1) is 0 Å². The van der Waals surface area contributed by atoms with Crippen LogP contribution in [0.15, 0.2) is 0 Å². The van der Waals surface area contributed by atoms with Gasteiger partial charge >= 0.3 is 0 Å². The molecule has 0 radical (unpaired) electrons. The lowest BCUT2D eigenvalue weighted by atomic mass is 10.2. The zero-order chi connectivity index (χ0) is 19.6. The van der Waals surface area contributed by atoms with Gasteiger partial charge in [0.15, 0.2) is 0 Å². The molecule has 0 heterocycles. The van der Waals surface area contributed by atoms with Gasteiger partial charge in [-0.05, 0) is 41.5 Å². The Hall–Kier alpha value is 0.890. The Bertz CT molecular complexity index is 280. The minimum atomic E-state index is 0.0320. The average molecular weight is 411 g/mol. The maximum atomic E-state index is 4.56. The molecule has 0 aliphatic rings. The van der Waals surface area contributed by atoms with Gasteiger partial charge in [0.25, 0.3) is 0 Å². The van der Waals surface area contributed by atoms with Crippen molar-refractivity contribution in [3.63, 3.8) is 0 Å². The number of nitrogens with zero attached hydrogens (tertiary/aromatic N) is 1. The summed E-state index contributed by atoms with van der Waals surface area (Å²) in [7, 11) is 0. The van der Waals surface area contributed by atoms with Crippen molar-refractivity contribution in [2.45, 2.75) is 55.8 Å². The van der Waals surface area contributed by atoms with Crippen LogP contribution in [0.1, 0.15) is 41.5 Å². The largest absolute Gasteiger partial charge is 0.314 e. The van der Waals surface area contributed by atoms with Crippen LogP contribution in [0.3, 0.4) is 0 Å². The number of thiol groups is 3. The topological polar surface area (TPSA) is 39.3 Å². The standard InChI is InChI=1S/C18H42N4S3/c1-16(2,23)13-19-7-10-22(11-8-20-14-17(3,4)24)12-9-21-15-18(5,6)25/h19-21,23-25H,7-15H2,1-6H3. The first-order valence-corrected chi connectivity index (χ1v) is 10.6. The van der Waals surface area contributed by atoms with Crippen LogP contribution in [-0.4, -0.2) is 78.0 Å². The third-order valence-electron chi connectivity index (χ3n) is 3.49. The Balaban J connectivity index is 4.12.